The highest BCUT2D eigenvalue weighted by Gasteiger charge is 2.33. The van der Waals surface area contributed by atoms with Crippen LogP contribution < -0.4 is 5.73 Å². The number of hydrogen-bond acceptors (Lipinski definition) is 4. The summed E-state index contributed by atoms with van der Waals surface area (Å²) in [5.74, 6) is 0. The van der Waals surface area contributed by atoms with Crippen LogP contribution in [0.4, 0.5) is 0 Å². The summed E-state index contributed by atoms with van der Waals surface area (Å²) in [5, 5.41) is 4.20. The summed E-state index contributed by atoms with van der Waals surface area (Å²) < 4.78 is 7.34. The first-order valence-electron chi connectivity index (χ1n) is 7.07. The van der Waals surface area contributed by atoms with Gasteiger partial charge in [0.1, 0.15) is 0 Å². The highest BCUT2D eigenvalue weighted by atomic mass is 16.5. The largest absolute Gasteiger partial charge is 0.379 e. The SMILES string of the molecule is Cn1nccc1CCC(N)C(C)(C)N1CCOCC1. The van der Waals surface area contributed by atoms with Crippen LogP contribution in [0.5, 0.6) is 0 Å². The Kier molecular flexibility index (Phi) is 4.60. The van der Waals surface area contributed by atoms with Crippen molar-refractivity contribution < 1.29 is 4.74 Å². The predicted octanol–water partition coefficient (Wildman–Crippen LogP) is 0.791. The van der Waals surface area contributed by atoms with Crippen molar-refractivity contribution in [3.8, 4) is 0 Å². The quantitative estimate of drug-likeness (QED) is 0.856. The van der Waals surface area contributed by atoms with E-state index < -0.39 is 0 Å². The smallest absolute Gasteiger partial charge is 0.0594 e. The third-order valence-electron chi connectivity index (χ3n) is 4.37. The lowest BCUT2D eigenvalue weighted by Gasteiger charge is -2.44. The van der Waals surface area contributed by atoms with Crippen molar-refractivity contribution in [2.45, 2.75) is 38.3 Å². The Morgan fingerprint density at radius 2 is 2.11 bits per heavy atom. The fourth-order valence-electron chi connectivity index (χ4n) is 2.68. The second kappa shape index (κ2) is 6.03. The molecular weight excluding hydrogens is 240 g/mol. The molecular formula is C14H26N4O. The molecule has 0 saturated carbocycles. The zero-order chi connectivity index (χ0) is 13.9. The van der Waals surface area contributed by atoms with Gasteiger partial charge in [-0.2, -0.15) is 5.10 Å². The fraction of sp³-hybridized carbons (Fsp3) is 0.786. The van der Waals surface area contributed by atoms with Gasteiger partial charge in [0.15, 0.2) is 0 Å². The average Bonchev–Trinajstić information content (AvgIpc) is 2.82. The van der Waals surface area contributed by atoms with Gasteiger partial charge in [0, 0.05) is 43.6 Å². The molecule has 1 unspecified atom stereocenters. The summed E-state index contributed by atoms with van der Waals surface area (Å²) in [6.45, 7) is 8.08. The van der Waals surface area contributed by atoms with E-state index in [1.54, 1.807) is 0 Å². The van der Waals surface area contributed by atoms with Crippen molar-refractivity contribution in [1.82, 2.24) is 14.7 Å². The number of rotatable bonds is 5. The van der Waals surface area contributed by atoms with Gasteiger partial charge in [0.2, 0.25) is 0 Å². The Bertz CT molecular complexity index is 396. The summed E-state index contributed by atoms with van der Waals surface area (Å²) in [6.07, 6.45) is 3.79. The first-order valence-corrected chi connectivity index (χ1v) is 7.07. The number of ether oxygens (including phenoxy) is 1. The van der Waals surface area contributed by atoms with Crippen LogP contribution in [-0.2, 0) is 18.2 Å². The molecule has 1 atom stereocenters. The molecule has 0 bridgehead atoms. The molecule has 5 heteroatoms. The molecule has 2 N–H and O–H groups in total. The second-order valence-corrected chi connectivity index (χ2v) is 5.84. The van der Waals surface area contributed by atoms with Gasteiger partial charge in [0.05, 0.1) is 13.2 Å². The van der Waals surface area contributed by atoms with Crippen molar-refractivity contribution >= 4 is 0 Å². The van der Waals surface area contributed by atoms with Gasteiger partial charge < -0.3 is 10.5 Å². The van der Waals surface area contributed by atoms with Gasteiger partial charge in [0.25, 0.3) is 0 Å². The number of aromatic nitrogens is 2. The van der Waals surface area contributed by atoms with E-state index in [9.17, 15) is 0 Å². The van der Waals surface area contributed by atoms with E-state index in [4.69, 9.17) is 10.5 Å². The molecule has 1 fully saturated rings. The Morgan fingerprint density at radius 3 is 2.68 bits per heavy atom. The predicted molar refractivity (Wildman–Crippen MR) is 76.0 cm³/mol. The summed E-state index contributed by atoms with van der Waals surface area (Å²) in [4.78, 5) is 2.45. The van der Waals surface area contributed by atoms with Crippen LogP contribution >= 0.6 is 0 Å². The lowest BCUT2D eigenvalue weighted by molar-refractivity contribution is -0.0195. The van der Waals surface area contributed by atoms with Crippen LogP contribution in [0, 0.1) is 0 Å². The molecule has 5 nitrogen and oxygen atoms in total. The Morgan fingerprint density at radius 1 is 1.42 bits per heavy atom. The number of hydrogen-bond donors (Lipinski definition) is 1. The summed E-state index contributed by atoms with van der Waals surface area (Å²) in [5.41, 5.74) is 7.70. The molecule has 2 rings (SSSR count). The van der Waals surface area contributed by atoms with Gasteiger partial charge in [-0.3, -0.25) is 9.58 Å². The summed E-state index contributed by atoms with van der Waals surface area (Å²) in [7, 11) is 1.98. The van der Waals surface area contributed by atoms with E-state index in [0.717, 1.165) is 39.1 Å². The van der Waals surface area contributed by atoms with Gasteiger partial charge in [-0.05, 0) is 32.8 Å². The van der Waals surface area contributed by atoms with Crippen molar-refractivity contribution in [3.63, 3.8) is 0 Å². The monoisotopic (exact) mass is 266 g/mol. The molecule has 2 heterocycles. The molecule has 1 saturated heterocycles. The average molecular weight is 266 g/mol. The fourth-order valence-corrected chi connectivity index (χ4v) is 2.68. The van der Waals surface area contributed by atoms with E-state index in [0.29, 0.717) is 0 Å². The minimum atomic E-state index is 0.0162. The number of aryl methyl sites for hydroxylation is 2. The van der Waals surface area contributed by atoms with Gasteiger partial charge >= 0.3 is 0 Å². The van der Waals surface area contributed by atoms with Gasteiger partial charge in [-0.15, -0.1) is 0 Å². The van der Waals surface area contributed by atoms with Crippen LogP contribution in [0.3, 0.4) is 0 Å². The van der Waals surface area contributed by atoms with Crippen LogP contribution in [0.1, 0.15) is 26.0 Å². The van der Waals surface area contributed by atoms with E-state index in [1.807, 2.05) is 17.9 Å². The first kappa shape index (κ1) is 14.5. The lowest BCUT2D eigenvalue weighted by atomic mass is 9.89. The van der Waals surface area contributed by atoms with Crippen molar-refractivity contribution in [3.05, 3.63) is 18.0 Å². The molecule has 1 aromatic heterocycles. The maximum absolute atomic E-state index is 6.44. The summed E-state index contributed by atoms with van der Waals surface area (Å²) >= 11 is 0. The number of nitrogens with two attached hydrogens (primary N) is 1. The van der Waals surface area contributed by atoms with Crippen LogP contribution in [0.15, 0.2) is 12.3 Å². The lowest BCUT2D eigenvalue weighted by Crippen LogP contribution is -2.59. The molecule has 0 aliphatic carbocycles. The molecule has 108 valence electrons. The molecule has 0 amide bonds. The van der Waals surface area contributed by atoms with Crippen molar-refractivity contribution in [2.75, 3.05) is 26.3 Å². The number of nitrogens with zero attached hydrogens (tertiary/aromatic N) is 3. The van der Waals surface area contributed by atoms with E-state index in [1.165, 1.54) is 5.69 Å². The third kappa shape index (κ3) is 3.35. The number of morpholine rings is 1. The first-order chi connectivity index (χ1) is 9.01. The zero-order valence-electron chi connectivity index (χ0n) is 12.3. The van der Waals surface area contributed by atoms with Crippen LogP contribution in [-0.4, -0.2) is 52.6 Å². The standard InChI is InChI=1S/C14H26N4O/c1-14(2,18-8-10-19-11-9-18)13(15)5-4-12-6-7-16-17(12)3/h6-7,13H,4-5,8-11,15H2,1-3H3. The van der Waals surface area contributed by atoms with Crippen LogP contribution in [0.2, 0.25) is 0 Å². The maximum atomic E-state index is 6.44. The van der Waals surface area contributed by atoms with Gasteiger partial charge in [-0.25, -0.2) is 0 Å². The molecule has 1 aromatic rings. The zero-order valence-corrected chi connectivity index (χ0v) is 12.3. The molecule has 0 radical (unpaired) electrons. The third-order valence-corrected chi connectivity index (χ3v) is 4.37. The van der Waals surface area contributed by atoms with E-state index in [-0.39, 0.29) is 11.6 Å². The Balaban J connectivity index is 1.90. The topological polar surface area (TPSA) is 56.3 Å². The second-order valence-electron chi connectivity index (χ2n) is 5.84. The summed E-state index contributed by atoms with van der Waals surface area (Å²) in [6, 6.07) is 2.22. The minimum absolute atomic E-state index is 0.0162. The Labute approximate surface area is 115 Å². The minimum Gasteiger partial charge on any atom is -0.379 e. The molecule has 0 aromatic carbocycles. The van der Waals surface area contributed by atoms with Crippen molar-refractivity contribution in [1.29, 1.82) is 0 Å². The highest BCUT2D eigenvalue weighted by Crippen LogP contribution is 2.22. The maximum Gasteiger partial charge on any atom is 0.0594 e. The molecule has 1 aliphatic heterocycles. The van der Waals surface area contributed by atoms with Crippen molar-refractivity contribution in [2.24, 2.45) is 12.8 Å². The molecule has 19 heavy (non-hydrogen) atoms. The van der Waals surface area contributed by atoms with Crippen LogP contribution in [0.25, 0.3) is 0 Å². The highest BCUT2D eigenvalue weighted by molar-refractivity contribution is 5.02. The van der Waals surface area contributed by atoms with Gasteiger partial charge in [-0.1, -0.05) is 0 Å². The van der Waals surface area contributed by atoms with E-state index in [2.05, 4.69) is 29.9 Å². The Hall–Kier alpha value is -0.910. The normalized spacial score (nSPS) is 19.6. The molecule has 1 aliphatic rings. The molecule has 0 spiro atoms. The van der Waals surface area contributed by atoms with E-state index >= 15 is 0 Å².